The lowest BCUT2D eigenvalue weighted by Gasteiger charge is -2.29. The maximum atomic E-state index is 5.42. The van der Waals surface area contributed by atoms with Crippen molar-refractivity contribution in [3.8, 4) is 0 Å². The molecule has 2 atom stereocenters. The fraction of sp³-hybridized carbons (Fsp3) is 0.833. The summed E-state index contributed by atoms with van der Waals surface area (Å²) in [6.45, 7) is 3.17. The van der Waals surface area contributed by atoms with Gasteiger partial charge in [0.2, 0.25) is 5.89 Å². The molecule has 94 valence electrons. The maximum absolute atomic E-state index is 5.42. The van der Waals surface area contributed by atoms with Crippen LogP contribution in [0.5, 0.6) is 0 Å². The number of likely N-dealkylation sites (tertiary alicyclic amines) is 1. The first-order valence-electron chi connectivity index (χ1n) is 6.59. The van der Waals surface area contributed by atoms with Gasteiger partial charge in [-0.05, 0) is 39.4 Å². The molecule has 0 aromatic carbocycles. The van der Waals surface area contributed by atoms with Crippen LogP contribution >= 0.6 is 0 Å². The van der Waals surface area contributed by atoms with E-state index in [9.17, 15) is 0 Å². The zero-order chi connectivity index (χ0) is 11.7. The van der Waals surface area contributed by atoms with Crippen LogP contribution in [-0.4, -0.2) is 41.7 Å². The van der Waals surface area contributed by atoms with Crippen molar-refractivity contribution in [1.82, 2.24) is 20.4 Å². The molecule has 0 aliphatic carbocycles. The Bertz CT molecular complexity index is 372. The summed E-state index contributed by atoms with van der Waals surface area (Å²) < 4.78 is 5.42. The van der Waals surface area contributed by atoms with E-state index in [1.54, 1.807) is 0 Å². The third kappa shape index (κ3) is 2.21. The average Bonchev–Trinajstić information content (AvgIpc) is 3.00. The van der Waals surface area contributed by atoms with Crippen molar-refractivity contribution in [3.05, 3.63) is 11.7 Å². The molecule has 0 spiro atoms. The highest BCUT2D eigenvalue weighted by Gasteiger charge is 2.28. The Balaban J connectivity index is 1.74. The van der Waals surface area contributed by atoms with Crippen molar-refractivity contribution >= 4 is 0 Å². The number of hydrogen-bond donors (Lipinski definition) is 1. The molecular formula is C12H20N4O. The van der Waals surface area contributed by atoms with E-state index in [4.69, 9.17) is 4.52 Å². The third-order valence-corrected chi connectivity index (χ3v) is 3.94. The quantitative estimate of drug-likeness (QED) is 0.839. The van der Waals surface area contributed by atoms with Gasteiger partial charge in [-0.1, -0.05) is 11.6 Å². The predicted molar refractivity (Wildman–Crippen MR) is 63.7 cm³/mol. The first kappa shape index (κ1) is 11.2. The van der Waals surface area contributed by atoms with E-state index in [2.05, 4.69) is 27.4 Å². The number of aromatic nitrogens is 2. The molecule has 3 heterocycles. The summed E-state index contributed by atoms with van der Waals surface area (Å²) in [5.41, 5.74) is 0. The van der Waals surface area contributed by atoms with Gasteiger partial charge in [-0.25, -0.2) is 0 Å². The van der Waals surface area contributed by atoms with Crippen molar-refractivity contribution in [3.63, 3.8) is 0 Å². The van der Waals surface area contributed by atoms with Gasteiger partial charge in [0.15, 0.2) is 5.82 Å². The second-order valence-electron chi connectivity index (χ2n) is 5.17. The lowest BCUT2D eigenvalue weighted by atomic mass is 10.0. The second kappa shape index (κ2) is 4.74. The number of hydrogen-bond acceptors (Lipinski definition) is 5. The summed E-state index contributed by atoms with van der Waals surface area (Å²) in [7, 11) is 2.15. The number of piperidine rings is 1. The molecule has 3 rings (SSSR count). The van der Waals surface area contributed by atoms with Gasteiger partial charge in [-0.2, -0.15) is 4.98 Å². The van der Waals surface area contributed by atoms with Crippen molar-refractivity contribution in [2.75, 3.05) is 26.7 Å². The fourth-order valence-corrected chi connectivity index (χ4v) is 2.82. The summed E-state index contributed by atoms with van der Waals surface area (Å²) in [6.07, 6.45) is 4.81. The Hall–Kier alpha value is -0.940. The average molecular weight is 236 g/mol. The van der Waals surface area contributed by atoms with Gasteiger partial charge in [-0.15, -0.1) is 0 Å². The van der Waals surface area contributed by atoms with E-state index in [1.807, 2.05) is 0 Å². The van der Waals surface area contributed by atoms with Gasteiger partial charge in [-0.3, -0.25) is 4.90 Å². The standard InChI is InChI=1S/C12H20N4O/c1-16-7-3-2-4-10(16)11-14-12(17-15-11)9-5-6-13-8-9/h9-10,13H,2-8H2,1H3. The van der Waals surface area contributed by atoms with Gasteiger partial charge in [0.1, 0.15) is 0 Å². The molecule has 2 unspecified atom stereocenters. The van der Waals surface area contributed by atoms with Gasteiger partial charge < -0.3 is 9.84 Å². The molecule has 2 aliphatic rings. The molecule has 2 fully saturated rings. The first-order valence-corrected chi connectivity index (χ1v) is 6.59. The Labute approximate surface area is 102 Å². The molecule has 0 radical (unpaired) electrons. The number of nitrogens with zero attached hydrogens (tertiary/aromatic N) is 3. The molecule has 0 amide bonds. The van der Waals surface area contributed by atoms with Gasteiger partial charge >= 0.3 is 0 Å². The predicted octanol–water partition coefficient (Wildman–Crippen LogP) is 1.30. The smallest absolute Gasteiger partial charge is 0.231 e. The van der Waals surface area contributed by atoms with Crippen LogP contribution in [0.15, 0.2) is 4.52 Å². The Morgan fingerprint density at radius 3 is 3.06 bits per heavy atom. The highest BCUT2D eigenvalue weighted by atomic mass is 16.5. The van der Waals surface area contributed by atoms with Gasteiger partial charge in [0, 0.05) is 6.54 Å². The molecule has 1 aromatic heterocycles. The van der Waals surface area contributed by atoms with Crippen LogP contribution in [0.1, 0.15) is 49.4 Å². The van der Waals surface area contributed by atoms with Crippen LogP contribution in [0.3, 0.4) is 0 Å². The molecule has 5 heteroatoms. The summed E-state index contributed by atoms with van der Waals surface area (Å²) in [5, 5.41) is 7.51. The second-order valence-corrected chi connectivity index (χ2v) is 5.17. The lowest BCUT2D eigenvalue weighted by molar-refractivity contribution is 0.175. The minimum atomic E-state index is 0.357. The van der Waals surface area contributed by atoms with E-state index >= 15 is 0 Å². The molecule has 2 saturated heterocycles. The highest BCUT2D eigenvalue weighted by molar-refractivity contribution is 5.02. The van der Waals surface area contributed by atoms with Crippen molar-refractivity contribution in [2.45, 2.75) is 37.6 Å². The van der Waals surface area contributed by atoms with E-state index in [0.29, 0.717) is 12.0 Å². The van der Waals surface area contributed by atoms with E-state index in [-0.39, 0.29) is 0 Å². The van der Waals surface area contributed by atoms with Crippen LogP contribution in [0.4, 0.5) is 0 Å². The number of rotatable bonds is 2. The molecular weight excluding hydrogens is 216 g/mol. The van der Waals surface area contributed by atoms with E-state index in [1.165, 1.54) is 12.8 Å². The third-order valence-electron chi connectivity index (χ3n) is 3.94. The minimum absolute atomic E-state index is 0.357. The summed E-state index contributed by atoms with van der Waals surface area (Å²) in [6, 6.07) is 0.357. The summed E-state index contributed by atoms with van der Waals surface area (Å²) >= 11 is 0. The van der Waals surface area contributed by atoms with Crippen molar-refractivity contribution in [2.24, 2.45) is 0 Å². The lowest BCUT2D eigenvalue weighted by Crippen LogP contribution is -2.30. The molecule has 0 saturated carbocycles. The zero-order valence-electron chi connectivity index (χ0n) is 10.4. The Kier molecular flexibility index (Phi) is 3.11. The zero-order valence-corrected chi connectivity index (χ0v) is 10.4. The van der Waals surface area contributed by atoms with Crippen LogP contribution < -0.4 is 5.32 Å². The molecule has 1 aromatic rings. The topological polar surface area (TPSA) is 54.2 Å². The fourth-order valence-electron chi connectivity index (χ4n) is 2.82. The Morgan fingerprint density at radius 1 is 1.35 bits per heavy atom. The van der Waals surface area contributed by atoms with E-state index < -0.39 is 0 Å². The molecule has 0 bridgehead atoms. The van der Waals surface area contributed by atoms with Gasteiger partial charge in [0.25, 0.3) is 0 Å². The molecule has 2 aliphatic heterocycles. The number of nitrogens with one attached hydrogen (secondary N) is 1. The minimum Gasteiger partial charge on any atom is -0.339 e. The summed E-state index contributed by atoms with van der Waals surface area (Å²) in [4.78, 5) is 6.95. The largest absolute Gasteiger partial charge is 0.339 e. The first-order chi connectivity index (χ1) is 8.34. The molecule has 5 nitrogen and oxygen atoms in total. The van der Waals surface area contributed by atoms with Crippen molar-refractivity contribution < 1.29 is 4.52 Å². The van der Waals surface area contributed by atoms with E-state index in [0.717, 1.165) is 44.2 Å². The molecule has 17 heavy (non-hydrogen) atoms. The van der Waals surface area contributed by atoms with Crippen molar-refractivity contribution in [1.29, 1.82) is 0 Å². The maximum Gasteiger partial charge on any atom is 0.231 e. The van der Waals surface area contributed by atoms with Crippen LogP contribution in [0.25, 0.3) is 0 Å². The van der Waals surface area contributed by atoms with Gasteiger partial charge in [0.05, 0.1) is 12.0 Å². The van der Waals surface area contributed by atoms with Crippen LogP contribution in [0.2, 0.25) is 0 Å². The highest BCUT2D eigenvalue weighted by Crippen LogP contribution is 2.29. The van der Waals surface area contributed by atoms with Crippen LogP contribution in [0, 0.1) is 0 Å². The monoisotopic (exact) mass is 236 g/mol. The van der Waals surface area contributed by atoms with Crippen LogP contribution in [-0.2, 0) is 0 Å². The SMILES string of the molecule is CN1CCCCC1c1noc(C2CCNC2)n1. The Morgan fingerprint density at radius 2 is 2.29 bits per heavy atom. The molecule has 1 N–H and O–H groups in total. The summed E-state index contributed by atoms with van der Waals surface area (Å²) in [5.74, 6) is 2.13. The normalized spacial score (nSPS) is 30.9.